The Hall–Kier alpha value is -2.12. The maximum atomic E-state index is 12.2. The molecule has 2 rings (SSSR count). The quantitative estimate of drug-likeness (QED) is 0.643. The number of amides is 2. The second-order valence-corrected chi connectivity index (χ2v) is 6.41. The Morgan fingerprint density at radius 1 is 1.23 bits per heavy atom. The van der Waals surface area contributed by atoms with Gasteiger partial charge in [-0.25, -0.2) is 0 Å². The average molecular weight is 364 g/mol. The Balaban J connectivity index is 1.77. The van der Waals surface area contributed by atoms with E-state index in [1.165, 1.54) is 0 Å². The maximum absolute atomic E-state index is 12.2. The molecular weight excluding hydrogens is 336 g/mol. The number of hydrogen-bond donors (Lipinski definition) is 3. The topological polar surface area (TPSA) is 96.9 Å². The number of aliphatic hydroxyl groups excluding tert-OH is 1. The molecule has 3 atom stereocenters. The van der Waals surface area contributed by atoms with Crippen LogP contribution in [0.2, 0.25) is 0 Å². The molecule has 1 saturated heterocycles. The van der Waals surface area contributed by atoms with Gasteiger partial charge in [-0.05, 0) is 30.5 Å². The van der Waals surface area contributed by atoms with Crippen LogP contribution in [0.4, 0.5) is 0 Å². The van der Waals surface area contributed by atoms with Crippen LogP contribution in [-0.2, 0) is 20.9 Å². The molecule has 1 aromatic rings. The zero-order valence-electron chi connectivity index (χ0n) is 15.4. The van der Waals surface area contributed by atoms with E-state index in [-0.39, 0.29) is 37.0 Å². The van der Waals surface area contributed by atoms with E-state index >= 15 is 0 Å². The molecule has 144 valence electrons. The van der Waals surface area contributed by atoms with Crippen LogP contribution in [-0.4, -0.2) is 48.9 Å². The van der Waals surface area contributed by atoms with E-state index < -0.39 is 6.10 Å². The van der Waals surface area contributed by atoms with Crippen molar-refractivity contribution in [3.63, 3.8) is 0 Å². The highest BCUT2D eigenvalue weighted by molar-refractivity contribution is 5.76. The summed E-state index contributed by atoms with van der Waals surface area (Å²) in [6, 6.07) is 7.30. The van der Waals surface area contributed by atoms with Crippen molar-refractivity contribution < 1.29 is 24.2 Å². The molecule has 2 amide bonds. The predicted molar refractivity (Wildman–Crippen MR) is 96.7 cm³/mol. The van der Waals surface area contributed by atoms with Gasteiger partial charge in [0.05, 0.1) is 32.3 Å². The van der Waals surface area contributed by atoms with Crippen molar-refractivity contribution in [2.45, 2.75) is 57.4 Å². The Bertz CT molecular complexity index is 590. The van der Waals surface area contributed by atoms with Crippen molar-refractivity contribution in [2.24, 2.45) is 0 Å². The lowest BCUT2D eigenvalue weighted by Crippen LogP contribution is -2.51. The second kappa shape index (κ2) is 10.1. The van der Waals surface area contributed by atoms with Crippen LogP contribution < -0.4 is 15.4 Å². The van der Waals surface area contributed by atoms with Crippen molar-refractivity contribution in [1.82, 2.24) is 10.6 Å². The monoisotopic (exact) mass is 364 g/mol. The lowest BCUT2D eigenvalue weighted by Gasteiger charge is -2.36. The molecule has 0 aliphatic carbocycles. The van der Waals surface area contributed by atoms with Gasteiger partial charge >= 0.3 is 0 Å². The van der Waals surface area contributed by atoms with E-state index in [4.69, 9.17) is 9.47 Å². The van der Waals surface area contributed by atoms with Gasteiger partial charge < -0.3 is 25.2 Å². The van der Waals surface area contributed by atoms with E-state index in [0.717, 1.165) is 11.3 Å². The first kappa shape index (κ1) is 20.2. The summed E-state index contributed by atoms with van der Waals surface area (Å²) in [5, 5.41) is 15.2. The molecule has 1 fully saturated rings. The highest BCUT2D eigenvalue weighted by Crippen LogP contribution is 2.22. The third-order valence-electron chi connectivity index (χ3n) is 4.52. The first-order valence-electron chi connectivity index (χ1n) is 9.01. The summed E-state index contributed by atoms with van der Waals surface area (Å²) in [6.45, 7) is 2.04. The number of aliphatic hydroxyl groups is 1. The van der Waals surface area contributed by atoms with E-state index in [1.807, 2.05) is 24.3 Å². The van der Waals surface area contributed by atoms with Crippen molar-refractivity contribution in [3.05, 3.63) is 29.8 Å². The minimum atomic E-state index is -0.473. The largest absolute Gasteiger partial charge is 0.497 e. The minimum absolute atomic E-state index is 0.0623. The first-order chi connectivity index (χ1) is 12.5. The van der Waals surface area contributed by atoms with Crippen LogP contribution in [0, 0.1) is 0 Å². The van der Waals surface area contributed by atoms with Gasteiger partial charge in [-0.2, -0.15) is 0 Å². The number of benzene rings is 1. The van der Waals surface area contributed by atoms with Crippen LogP contribution in [0.5, 0.6) is 5.75 Å². The fourth-order valence-electron chi connectivity index (χ4n) is 2.98. The average Bonchev–Trinajstić information content (AvgIpc) is 2.67. The standard InChI is InChI=1S/C19H28N2O5/c1-3-18(23)21-16-9-8-15(26-17(16)12-22)10-19(24)20-11-13-4-6-14(25-2)7-5-13/h4-7,15-17,22H,3,8-12H2,1-2H3,(H,20,24)(H,21,23)/t15-,16+,17-/m0/s1. The van der Waals surface area contributed by atoms with Gasteiger partial charge in [0.1, 0.15) is 11.9 Å². The fraction of sp³-hybridized carbons (Fsp3) is 0.579. The Morgan fingerprint density at radius 3 is 2.58 bits per heavy atom. The van der Waals surface area contributed by atoms with Crippen molar-refractivity contribution >= 4 is 11.8 Å². The van der Waals surface area contributed by atoms with Crippen molar-refractivity contribution in [1.29, 1.82) is 0 Å². The van der Waals surface area contributed by atoms with Crippen LogP contribution in [0.1, 0.15) is 38.2 Å². The molecule has 1 heterocycles. The highest BCUT2D eigenvalue weighted by atomic mass is 16.5. The molecule has 0 radical (unpaired) electrons. The van der Waals surface area contributed by atoms with E-state index in [0.29, 0.717) is 25.8 Å². The molecule has 0 bridgehead atoms. The number of rotatable bonds is 8. The molecule has 0 unspecified atom stereocenters. The van der Waals surface area contributed by atoms with Crippen molar-refractivity contribution in [2.75, 3.05) is 13.7 Å². The fourth-order valence-corrected chi connectivity index (χ4v) is 2.98. The molecule has 1 aliphatic heterocycles. The molecule has 1 aromatic carbocycles. The van der Waals surface area contributed by atoms with Gasteiger partial charge in [-0.3, -0.25) is 9.59 Å². The normalized spacial score (nSPS) is 22.5. The molecule has 7 nitrogen and oxygen atoms in total. The summed E-state index contributed by atoms with van der Waals surface area (Å²) in [5.41, 5.74) is 0.985. The van der Waals surface area contributed by atoms with Gasteiger partial charge in [-0.15, -0.1) is 0 Å². The van der Waals surface area contributed by atoms with E-state index in [1.54, 1.807) is 14.0 Å². The zero-order valence-corrected chi connectivity index (χ0v) is 15.4. The molecule has 26 heavy (non-hydrogen) atoms. The lowest BCUT2D eigenvalue weighted by molar-refractivity contribution is -0.135. The molecule has 0 spiro atoms. The number of carbonyl (C=O) groups excluding carboxylic acids is 2. The Morgan fingerprint density at radius 2 is 1.96 bits per heavy atom. The summed E-state index contributed by atoms with van der Waals surface area (Å²) in [6.07, 6.45) is 1.26. The summed E-state index contributed by atoms with van der Waals surface area (Å²) in [5.74, 6) is 0.613. The number of methoxy groups -OCH3 is 1. The number of ether oxygens (including phenoxy) is 2. The summed E-state index contributed by atoms with van der Waals surface area (Å²) >= 11 is 0. The van der Waals surface area contributed by atoms with Gasteiger partial charge in [-0.1, -0.05) is 19.1 Å². The maximum Gasteiger partial charge on any atom is 0.222 e. The number of hydrogen-bond acceptors (Lipinski definition) is 5. The third kappa shape index (κ3) is 6.00. The highest BCUT2D eigenvalue weighted by Gasteiger charge is 2.32. The molecule has 0 aromatic heterocycles. The van der Waals surface area contributed by atoms with Crippen LogP contribution in [0.3, 0.4) is 0 Å². The van der Waals surface area contributed by atoms with Gasteiger partial charge in [0.25, 0.3) is 0 Å². The summed E-state index contributed by atoms with van der Waals surface area (Å²) < 4.78 is 10.9. The van der Waals surface area contributed by atoms with Gasteiger partial charge in [0, 0.05) is 13.0 Å². The number of carbonyl (C=O) groups is 2. The van der Waals surface area contributed by atoms with Gasteiger partial charge in [0.2, 0.25) is 11.8 Å². The lowest BCUT2D eigenvalue weighted by atomic mass is 9.96. The SMILES string of the molecule is CCC(=O)N[C@@H]1CC[C@@H](CC(=O)NCc2ccc(OC)cc2)O[C@H]1CO. The van der Waals surface area contributed by atoms with Crippen LogP contribution in [0.25, 0.3) is 0 Å². The first-order valence-corrected chi connectivity index (χ1v) is 9.01. The Kier molecular flexibility index (Phi) is 7.87. The summed E-state index contributed by atoms with van der Waals surface area (Å²) in [4.78, 5) is 23.7. The van der Waals surface area contributed by atoms with Gasteiger partial charge in [0.15, 0.2) is 0 Å². The molecular formula is C19H28N2O5. The van der Waals surface area contributed by atoms with E-state index in [9.17, 15) is 14.7 Å². The minimum Gasteiger partial charge on any atom is -0.497 e. The predicted octanol–water partition coefficient (Wildman–Crippen LogP) is 1.14. The van der Waals surface area contributed by atoms with E-state index in [2.05, 4.69) is 10.6 Å². The third-order valence-corrected chi connectivity index (χ3v) is 4.52. The number of nitrogens with one attached hydrogen (secondary N) is 2. The van der Waals surface area contributed by atoms with Crippen LogP contribution in [0.15, 0.2) is 24.3 Å². The molecule has 7 heteroatoms. The smallest absolute Gasteiger partial charge is 0.222 e. The summed E-state index contributed by atoms with van der Waals surface area (Å²) in [7, 11) is 1.61. The van der Waals surface area contributed by atoms with Crippen LogP contribution >= 0.6 is 0 Å². The Labute approximate surface area is 154 Å². The molecule has 3 N–H and O–H groups in total. The molecule has 1 aliphatic rings. The molecule has 0 saturated carbocycles. The van der Waals surface area contributed by atoms with Crippen molar-refractivity contribution in [3.8, 4) is 5.75 Å². The zero-order chi connectivity index (χ0) is 18.9. The second-order valence-electron chi connectivity index (χ2n) is 6.41.